The van der Waals surface area contributed by atoms with Gasteiger partial charge in [-0.3, -0.25) is 4.79 Å². The molecule has 0 saturated carbocycles. The van der Waals surface area contributed by atoms with Crippen LogP contribution in [-0.4, -0.2) is 12.5 Å². The Morgan fingerprint density at radius 1 is 1.15 bits per heavy atom. The molecule has 0 bridgehead atoms. The number of carbonyl (C=O) groups is 1. The van der Waals surface area contributed by atoms with Crippen LogP contribution in [-0.2, 0) is 0 Å². The predicted molar refractivity (Wildman–Crippen MR) is 84.7 cm³/mol. The lowest BCUT2D eigenvalue weighted by Crippen LogP contribution is -2.24. The molecule has 1 aliphatic heterocycles. The fourth-order valence-corrected chi connectivity index (χ4v) is 2.47. The lowest BCUT2D eigenvalue weighted by molar-refractivity contribution is 0.0957. The first-order chi connectivity index (χ1) is 9.60. The molecule has 1 aromatic rings. The largest absolute Gasteiger partial charge is 0.348 e. The maximum atomic E-state index is 12.4. The average Bonchev–Trinajstić information content (AvgIpc) is 2.55. The van der Waals surface area contributed by atoms with Crippen molar-refractivity contribution in [3.8, 4) is 0 Å². The predicted octanol–water partition coefficient (Wildman–Crippen LogP) is 3.73. The highest BCUT2D eigenvalue weighted by Gasteiger charge is 2.23. The summed E-state index contributed by atoms with van der Waals surface area (Å²) < 4.78 is 0. The van der Waals surface area contributed by atoms with Crippen molar-refractivity contribution in [1.82, 2.24) is 5.32 Å². The molecule has 1 amide bonds. The summed E-state index contributed by atoms with van der Waals surface area (Å²) in [6.45, 7) is 12.0. The molecule has 0 unspecified atom stereocenters. The van der Waals surface area contributed by atoms with Crippen LogP contribution in [0.3, 0.4) is 0 Å². The molecule has 2 heteroatoms. The molecular weight excluding hydrogens is 246 g/mol. The number of hydrogen-bond acceptors (Lipinski definition) is 1. The van der Waals surface area contributed by atoms with Crippen LogP contribution in [0, 0.1) is 13.8 Å². The van der Waals surface area contributed by atoms with Crippen molar-refractivity contribution in [3.63, 3.8) is 0 Å². The molecule has 0 radical (unpaired) electrons. The van der Waals surface area contributed by atoms with Gasteiger partial charge in [0.2, 0.25) is 0 Å². The van der Waals surface area contributed by atoms with Gasteiger partial charge >= 0.3 is 0 Å². The molecular formula is C18H19NO. The highest BCUT2D eigenvalue weighted by atomic mass is 16.1. The van der Waals surface area contributed by atoms with E-state index in [9.17, 15) is 4.79 Å². The summed E-state index contributed by atoms with van der Waals surface area (Å²) >= 11 is 0. The van der Waals surface area contributed by atoms with E-state index in [4.69, 9.17) is 0 Å². The van der Waals surface area contributed by atoms with Crippen LogP contribution in [0.1, 0.15) is 27.0 Å². The van der Waals surface area contributed by atoms with Crippen molar-refractivity contribution < 1.29 is 4.79 Å². The number of carbonyl (C=O) groups excluding carboxylic acids is 1. The van der Waals surface area contributed by atoms with Crippen molar-refractivity contribution in [1.29, 1.82) is 0 Å². The van der Waals surface area contributed by atoms with Crippen LogP contribution in [0.2, 0.25) is 0 Å². The molecule has 2 nitrogen and oxygen atoms in total. The minimum Gasteiger partial charge on any atom is -0.348 e. The second kappa shape index (κ2) is 5.74. The Balaban J connectivity index is 2.78. The molecule has 1 heterocycles. The number of rotatable bonds is 2. The number of aryl methyl sites for hydroxylation is 1. The summed E-state index contributed by atoms with van der Waals surface area (Å²) in [6.07, 6.45) is 7.37. The molecule has 20 heavy (non-hydrogen) atoms. The number of benzene rings is 1. The Hall–Kier alpha value is -2.35. The Morgan fingerprint density at radius 2 is 1.85 bits per heavy atom. The zero-order valence-corrected chi connectivity index (χ0v) is 12.0. The molecule has 0 atom stereocenters. The maximum absolute atomic E-state index is 12.4. The van der Waals surface area contributed by atoms with E-state index in [-0.39, 0.29) is 5.91 Å². The van der Waals surface area contributed by atoms with E-state index in [1.807, 2.05) is 32.1 Å². The van der Waals surface area contributed by atoms with Gasteiger partial charge in [-0.1, -0.05) is 49.6 Å². The molecule has 0 saturated heterocycles. The van der Waals surface area contributed by atoms with Gasteiger partial charge in [0.1, 0.15) is 0 Å². The molecule has 0 fully saturated rings. The van der Waals surface area contributed by atoms with Crippen molar-refractivity contribution in [3.05, 3.63) is 77.4 Å². The van der Waals surface area contributed by atoms with Gasteiger partial charge in [0.05, 0.1) is 5.56 Å². The third-order valence-electron chi connectivity index (χ3n) is 3.64. The summed E-state index contributed by atoms with van der Waals surface area (Å²) in [7, 11) is 0. The summed E-state index contributed by atoms with van der Waals surface area (Å²) in [5.74, 6) is -0.0244. The molecule has 2 rings (SSSR count). The van der Waals surface area contributed by atoms with Crippen LogP contribution in [0.4, 0.5) is 0 Å². The summed E-state index contributed by atoms with van der Waals surface area (Å²) in [5, 5.41) is 2.96. The van der Waals surface area contributed by atoms with Crippen molar-refractivity contribution >= 4 is 11.5 Å². The number of nitrogens with one attached hydrogen (secondary N) is 1. The van der Waals surface area contributed by atoms with Crippen molar-refractivity contribution in [2.45, 2.75) is 13.8 Å². The van der Waals surface area contributed by atoms with E-state index in [1.165, 1.54) is 0 Å². The highest BCUT2D eigenvalue weighted by molar-refractivity contribution is 6.04. The van der Waals surface area contributed by atoms with E-state index in [2.05, 4.69) is 24.5 Å². The molecule has 0 aromatic heterocycles. The second-order valence-corrected chi connectivity index (χ2v) is 4.86. The number of hydrogen-bond donors (Lipinski definition) is 1. The van der Waals surface area contributed by atoms with E-state index < -0.39 is 0 Å². The van der Waals surface area contributed by atoms with Crippen LogP contribution < -0.4 is 5.32 Å². The Labute approximate surface area is 120 Å². The normalized spacial score (nSPS) is 18.4. The van der Waals surface area contributed by atoms with Gasteiger partial charge in [-0.2, -0.15) is 0 Å². The first-order valence-corrected chi connectivity index (χ1v) is 6.63. The van der Waals surface area contributed by atoms with Crippen LogP contribution in [0.25, 0.3) is 5.57 Å². The van der Waals surface area contributed by atoms with Gasteiger partial charge in [-0.25, -0.2) is 0 Å². The number of fused-ring (bicyclic) bond motifs is 1. The zero-order valence-electron chi connectivity index (χ0n) is 12.0. The molecule has 1 aromatic carbocycles. The van der Waals surface area contributed by atoms with Crippen LogP contribution in [0.5, 0.6) is 0 Å². The van der Waals surface area contributed by atoms with Gasteiger partial charge < -0.3 is 5.32 Å². The smallest absolute Gasteiger partial charge is 0.252 e. The van der Waals surface area contributed by atoms with E-state index in [0.717, 1.165) is 33.4 Å². The molecule has 0 aliphatic carbocycles. The highest BCUT2D eigenvalue weighted by Crippen LogP contribution is 2.31. The van der Waals surface area contributed by atoms with Crippen molar-refractivity contribution in [2.75, 3.05) is 6.54 Å². The average molecular weight is 265 g/mol. The monoisotopic (exact) mass is 265 g/mol. The third kappa shape index (κ3) is 2.37. The number of allylic oxidation sites excluding steroid dienone is 4. The maximum Gasteiger partial charge on any atom is 0.252 e. The van der Waals surface area contributed by atoms with Gasteiger partial charge in [0.25, 0.3) is 5.91 Å². The quantitative estimate of drug-likeness (QED) is 0.867. The summed E-state index contributed by atoms with van der Waals surface area (Å²) in [6, 6.07) is 4.06. The second-order valence-electron chi connectivity index (χ2n) is 4.86. The summed E-state index contributed by atoms with van der Waals surface area (Å²) in [4.78, 5) is 12.4. The number of amides is 1. The zero-order chi connectivity index (χ0) is 14.7. The molecule has 1 N–H and O–H groups in total. The minimum absolute atomic E-state index is 0.0244. The van der Waals surface area contributed by atoms with Gasteiger partial charge in [-0.15, -0.1) is 0 Å². The van der Waals surface area contributed by atoms with E-state index in [0.29, 0.717) is 6.54 Å². The standard InChI is InChI=1S/C18H19NO/c1-5-7-14-11-19-18(20)17-13(4)12(3)9-10-16(17)15(14)8-6-2/h5-10H,1-2,11H2,3-4H3,(H,19,20)/b14-7-,15-8+. The van der Waals surface area contributed by atoms with E-state index in [1.54, 1.807) is 12.2 Å². The summed E-state index contributed by atoms with van der Waals surface area (Å²) in [5.41, 5.74) is 5.91. The Morgan fingerprint density at radius 3 is 2.50 bits per heavy atom. The SMILES string of the molecule is C=C/C=C1\C(=C/C=C)CNC(=O)c2c1ccc(C)c2C. The lowest BCUT2D eigenvalue weighted by atomic mass is 9.90. The Bertz CT molecular complexity index is 648. The third-order valence-corrected chi connectivity index (χ3v) is 3.64. The molecule has 102 valence electrons. The first-order valence-electron chi connectivity index (χ1n) is 6.63. The lowest BCUT2D eigenvalue weighted by Gasteiger charge is -2.13. The fraction of sp³-hybridized carbons (Fsp3) is 0.167. The topological polar surface area (TPSA) is 29.1 Å². The minimum atomic E-state index is -0.0244. The molecule has 0 spiro atoms. The first kappa shape index (κ1) is 14.1. The fourth-order valence-electron chi connectivity index (χ4n) is 2.47. The van der Waals surface area contributed by atoms with Gasteiger partial charge in [0.15, 0.2) is 0 Å². The van der Waals surface area contributed by atoms with Gasteiger partial charge in [0, 0.05) is 6.54 Å². The van der Waals surface area contributed by atoms with Crippen molar-refractivity contribution in [2.24, 2.45) is 0 Å². The van der Waals surface area contributed by atoms with Crippen LogP contribution in [0.15, 0.2) is 55.2 Å². The van der Waals surface area contributed by atoms with Crippen LogP contribution >= 0.6 is 0 Å². The Kier molecular flexibility index (Phi) is 4.04. The molecule has 1 aliphatic rings. The van der Waals surface area contributed by atoms with E-state index >= 15 is 0 Å². The van der Waals surface area contributed by atoms with Gasteiger partial charge in [-0.05, 0) is 41.7 Å².